The molecule has 1 aromatic carbocycles. The molecule has 0 saturated heterocycles. The minimum Gasteiger partial charge on any atom is -0.384 e. The van der Waals surface area contributed by atoms with Gasteiger partial charge in [-0.25, -0.2) is 0 Å². The number of amidine groups is 1. The molecular formula is C9H10N2O. The van der Waals surface area contributed by atoms with Crippen LogP contribution in [0.15, 0.2) is 29.3 Å². The van der Waals surface area contributed by atoms with E-state index in [9.17, 15) is 4.79 Å². The third-order valence-corrected chi connectivity index (χ3v) is 1.56. The van der Waals surface area contributed by atoms with Crippen LogP contribution in [0.3, 0.4) is 0 Å². The summed E-state index contributed by atoms with van der Waals surface area (Å²) in [6.07, 6.45) is 0.784. The van der Waals surface area contributed by atoms with E-state index < -0.39 is 0 Å². The predicted octanol–water partition coefficient (Wildman–Crippen LogP) is 0.834. The summed E-state index contributed by atoms with van der Waals surface area (Å²) in [5.74, 6) is 0.443. The van der Waals surface area contributed by atoms with Gasteiger partial charge in [-0.3, -0.25) is 9.79 Å². The summed E-state index contributed by atoms with van der Waals surface area (Å²) in [5.41, 5.74) is 6.94. The highest BCUT2D eigenvalue weighted by molar-refractivity contribution is 5.98. The van der Waals surface area contributed by atoms with E-state index in [2.05, 4.69) is 4.99 Å². The van der Waals surface area contributed by atoms with Gasteiger partial charge in [0.1, 0.15) is 12.1 Å². The maximum atomic E-state index is 10.4. The summed E-state index contributed by atoms with van der Waals surface area (Å²) in [4.78, 5) is 14.2. The van der Waals surface area contributed by atoms with Crippen LogP contribution < -0.4 is 5.73 Å². The molecule has 1 rings (SSSR count). The third kappa shape index (κ3) is 1.69. The molecule has 0 aliphatic heterocycles. The zero-order chi connectivity index (χ0) is 8.97. The molecule has 0 heterocycles. The van der Waals surface area contributed by atoms with Crippen molar-refractivity contribution in [2.75, 3.05) is 7.05 Å². The van der Waals surface area contributed by atoms with Gasteiger partial charge in [-0.15, -0.1) is 0 Å². The topological polar surface area (TPSA) is 55.4 Å². The van der Waals surface area contributed by atoms with Crippen LogP contribution in [-0.2, 0) is 0 Å². The molecule has 1 aromatic rings. The second-order valence-corrected chi connectivity index (χ2v) is 2.35. The molecule has 62 valence electrons. The first kappa shape index (κ1) is 8.46. The summed E-state index contributed by atoms with van der Waals surface area (Å²) >= 11 is 0. The van der Waals surface area contributed by atoms with Crippen molar-refractivity contribution in [1.29, 1.82) is 0 Å². The number of carbonyl (C=O) groups is 1. The molecule has 12 heavy (non-hydrogen) atoms. The van der Waals surface area contributed by atoms with Gasteiger partial charge in [0.05, 0.1) is 0 Å². The van der Waals surface area contributed by atoms with Gasteiger partial charge in [0.2, 0.25) is 0 Å². The van der Waals surface area contributed by atoms with Crippen molar-refractivity contribution in [3.05, 3.63) is 35.4 Å². The van der Waals surface area contributed by atoms with E-state index in [-0.39, 0.29) is 0 Å². The average molecular weight is 162 g/mol. The van der Waals surface area contributed by atoms with E-state index >= 15 is 0 Å². The number of hydrogen-bond donors (Lipinski definition) is 1. The van der Waals surface area contributed by atoms with E-state index in [1.165, 1.54) is 0 Å². The van der Waals surface area contributed by atoms with Crippen LogP contribution in [0, 0.1) is 0 Å². The Morgan fingerprint density at radius 3 is 2.92 bits per heavy atom. The van der Waals surface area contributed by atoms with Crippen molar-refractivity contribution in [2.24, 2.45) is 10.7 Å². The van der Waals surface area contributed by atoms with Crippen molar-refractivity contribution in [3.8, 4) is 0 Å². The van der Waals surface area contributed by atoms with Crippen LogP contribution in [-0.4, -0.2) is 19.2 Å². The molecule has 0 aliphatic rings. The second-order valence-electron chi connectivity index (χ2n) is 2.35. The van der Waals surface area contributed by atoms with Crippen molar-refractivity contribution < 1.29 is 4.79 Å². The summed E-state index contributed by atoms with van der Waals surface area (Å²) < 4.78 is 0. The van der Waals surface area contributed by atoms with Crippen molar-refractivity contribution >= 4 is 12.1 Å². The smallest absolute Gasteiger partial charge is 0.150 e. The Hall–Kier alpha value is -1.64. The highest BCUT2D eigenvalue weighted by atomic mass is 16.1. The second kappa shape index (κ2) is 3.67. The van der Waals surface area contributed by atoms with E-state index in [0.717, 1.165) is 11.8 Å². The number of aliphatic imine (C=N–C) groups is 1. The van der Waals surface area contributed by atoms with E-state index in [1.807, 2.05) is 6.07 Å². The first-order valence-electron chi connectivity index (χ1n) is 3.56. The van der Waals surface area contributed by atoms with Crippen LogP contribution in [0.25, 0.3) is 0 Å². The van der Waals surface area contributed by atoms with Crippen LogP contribution in [0.2, 0.25) is 0 Å². The van der Waals surface area contributed by atoms with Gasteiger partial charge in [-0.2, -0.15) is 0 Å². The molecule has 0 bridgehead atoms. The molecular weight excluding hydrogens is 152 g/mol. The number of hydrogen-bond acceptors (Lipinski definition) is 2. The van der Waals surface area contributed by atoms with Gasteiger partial charge in [-0.05, 0) is 6.07 Å². The lowest BCUT2D eigenvalue weighted by molar-refractivity contribution is 0.112. The lowest BCUT2D eigenvalue weighted by Crippen LogP contribution is -2.12. The van der Waals surface area contributed by atoms with Crippen LogP contribution in [0.4, 0.5) is 0 Å². The first-order chi connectivity index (χ1) is 5.77. The monoisotopic (exact) mass is 162 g/mol. The zero-order valence-electron chi connectivity index (χ0n) is 6.82. The Kier molecular flexibility index (Phi) is 2.58. The minimum atomic E-state index is 0.443. The average Bonchev–Trinajstić information content (AvgIpc) is 2.17. The lowest BCUT2D eigenvalue weighted by atomic mass is 10.1. The lowest BCUT2D eigenvalue weighted by Gasteiger charge is -1.98. The normalized spacial score (nSPS) is 11.2. The number of rotatable bonds is 2. The Bertz CT molecular complexity index is 318. The summed E-state index contributed by atoms with van der Waals surface area (Å²) in [6.45, 7) is 0. The number of carbonyl (C=O) groups excluding carboxylic acids is 1. The molecule has 0 aromatic heterocycles. The van der Waals surface area contributed by atoms with Crippen molar-refractivity contribution in [1.82, 2.24) is 0 Å². The molecule has 0 unspecified atom stereocenters. The van der Waals surface area contributed by atoms with Gasteiger partial charge in [0, 0.05) is 18.2 Å². The molecule has 0 radical (unpaired) electrons. The fraction of sp³-hybridized carbons (Fsp3) is 0.111. The Morgan fingerprint density at radius 2 is 2.33 bits per heavy atom. The molecule has 0 amide bonds. The van der Waals surface area contributed by atoms with Gasteiger partial charge in [0.25, 0.3) is 0 Å². The SMILES string of the molecule is CN=C(N)c1cccc(C=O)c1. The number of benzene rings is 1. The van der Waals surface area contributed by atoms with Crippen LogP contribution in [0.5, 0.6) is 0 Å². The third-order valence-electron chi connectivity index (χ3n) is 1.56. The fourth-order valence-electron chi connectivity index (χ4n) is 0.900. The molecule has 3 nitrogen and oxygen atoms in total. The number of nitrogens with zero attached hydrogens (tertiary/aromatic N) is 1. The van der Waals surface area contributed by atoms with Gasteiger partial charge in [-0.1, -0.05) is 18.2 Å². The van der Waals surface area contributed by atoms with Crippen molar-refractivity contribution in [2.45, 2.75) is 0 Å². The standard InChI is InChI=1S/C9H10N2O/c1-11-9(10)8-4-2-3-7(5-8)6-12/h2-6H,1H3,(H2,10,11). The molecule has 0 saturated carbocycles. The zero-order valence-corrected chi connectivity index (χ0v) is 6.82. The quantitative estimate of drug-likeness (QED) is 0.398. The van der Waals surface area contributed by atoms with E-state index in [1.54, 1.807) is 25.2 Å². The minimum absolute atomic E-state index is 0.443. The number of aldehydes is 1. The number of nitrogens with two attached hydrogens (primary N) is 1. The van der Waals surface area contributed by atoms with Gasteiger partial charge >= 0.3 is 0 Å². The molecule has 0 atom stereocenters. The van der Waals surface area contributed by atoms with Crippen LogP contribution >= 0.6 is 0 Å². The molecule has 3 heteroatoms. The largest absolute Gasteiger partial charge is 0.384 e. The van der Waals surface area contributed by atoms with E-state index in [4.69, 9.17) is 5.73 Å². The summed E-state index contributed by atoms with van der Waals surface area (Å²) in [6, 6.07) is 7.02. The first-order valence-corrected chi connectivity index (χ1v) is 3.56. The van der Waals surface area contributed by atoms with Gasteiger partial charge in [0.15, 0.2) is 0 Å². The van der Waals surface area contributed by atoms with Crippen LogP contribution in [0.1, 0.15) is 15.9 Å². The molecule has 0 aliphatic carbocycles. The van der Waals surface area contributed by atoms with Gasteiger partial charge < -0.3 is 5.73 Å². The highest BCUT2D eigenvalue weighted by Gasteiger charge is 1.97. The Labute approximate surface area is 70.9 Å². The van der Waals surface area contributed by atoms with E-state index in [0.29, 0.717) is 11.4 Å². The summed E-state index contributed by atoms with van der Waals surface area (Å²) in [5, 5.41) is 0. The maximum Gasteiger partial charge on any atom is 0.150 e. The Morgan fingerprint density at radius 1 is 1.58 bits per heavy atom. The fourth-order valence-corrected chi connectivity index (χ4v) is 0.900. The Balaban J connectivity index is 3.10. The highest BCUT2D eigenvalue weighted by Crippen LogP contribution is 2.02. The summed E-state index contributed by atoms with van der Waals surface area (Å²) in [7, 11) is 1.61. The van der Waals surface area contributed by atoms with Crippen molar-refractivity contribution in [3.63, 3.8) is 0 Å². The molecule has 0 spiro atoms. The maximum absolute atomic E-state index is 10.4. The predicted molar refractivity (Wildman–Crippen MR) is 48.5 cm³/mol. The molecule has 2 N–H and O–H groups in total. The molecule has 0 fully saturated rings.